The zero-order chi connectivity index (χ0) is 12.8. The normalized spacial score (nSPS) is 20.3. The quantitative estimate of drug-likeness (QED) is 0.570. The van der Waals surface area contributed by atoms with E-state index in [0.29, 0.717) is 13.0 Å². The van der Waals surface area contributed by atoms with Crippen molar-refractivity contribution in [3.8, 4) is 0 Å². The molecule has 0 N–H and O–H groups in total. The molecule has 4 nitrogen and oxygen atoms in total. The Morgan fingerprint density at radius 3 is 1.78 bits per heavy atom. The van der Waals surface area contributed by atoms with Crippen LogP contribution < -0.4 is 0 Å². The molecule has 0 saturated heterocycles. The van der Waals surface area contributed by atoms with Gasteiger partial charge < -0.3 is 28.4 Å². The molecule has 1 rings (SSSR count). The summed E-state index contributed by atoms with van der Waals surface area (Å²) >= 11 is 0. The van der Waals surface area contributed by atoms with E-state index in [0.717, 1.165) is 12.8 Å². The second-order valence-corrected chi connectivity index (χ2v) is 3.58. The molecule has 0 bridgehead atoms. The van der Waals surface area contributed by atoms with Gasteiger partial charge in [0.05, 0.1) is 0 Å². The summed E-state index contributed by atoms with van der Waals surface area (Å²) in [7, 11) is 8.57. The van der Waals surface area contributed by atoms with E-state index in [1.54, 1.807) is 35.2 Å². The van der Waals surface area contributed by atoms with Gasteiger partial charge in [-0.15, -0.1) is 7.05 Å². The Kier molecular flexibility index (Phi) is 34.3. The van der Waals surface area contributed by atoms with E-state index in [9.17, 15) is 4.39 Å². The maximum Gasteiger partial charge on any atom is 4.00 e. The van der Waals surface area contributed by atoms with E-state index in [4.69, 9.17) is 4.84 Å². The van der Waals surface area contributed by atoms with E-state index in [1.165, 1.54) is 0 Å². The van der Waals surface area contributed by atoms with Crippen molar-refractivity contribution in [2.24, 2.45) is 5.92 Å². The minimum atomic E-state index is -0.651. The Labute approximate surface area is 132 Å². The van der Waals surface area contributed by atoms with Gasteiger partial charge in [0.15, 0.2) is 0 Å². The molecule has 1 unspecified atom stereocenters. The molecule has 0 amide bonds. The van der Waals surface area contributed by atoms with Crippen LogP contribution in [0.4, 0.5) is 4.39 Å². The number of hydrogen-bond donors (Lipinski definition) is 0. The van der Waals surface area contributed by atoms with Crippen LogP contribution in [-0.4, -0.2) is 48.0 Å². The molecule has 0 spiro atoms. The third-order valence-corrected chi connectivity index (χ3v) is 1.98. The number of hydrogen-bond acceptors (Lipinski definition) is 1. The summed E-state index contributed by atoms with van der Waals surface area (Å²) in [4.78, 5) is 4.77. The first kappa shape index (κ1) is 27.1. The minimum absolute atomic E-state index is 0. The molecule has 1 aliphatic carbocycles. The standard InChI is InChI=1S/C7H13FNO.2C2H6N.CH3.Zr/c1-9-10-5-6-3-2-4-7(6)8;2*1-3-2;;/h6-7H,2-5H2,1H3;2*1-2H3;1H3;/q4*-1;+4/t6-,7?;;;;/m0..../s1. The molecule has 0 aliphatic heterocycles. The monoisotopic (exact) mass is 339 g/mol. The van der Waals surface area contributed by atoms with E-state index >= 15 is 0 Å². The topological polar surface area (TPSA) is 51.5 Å². The Morgan fingerprint density at radius 2 is 1.50 bits per heavy atom. The summed E-state index contributed by atoms with van der Waals surface area (Å²) in [6.45, 7) is 0.456. The number of halogens is 1. The molecule has 0 aromatic carbocycles. The van der Waals surface area contributed by atoms with Gasteiger partial charge in [-0.05, 0) is 12.8 Å². The summed E-state index contributed by atoms with van der Waals surface area (Å²) in [5.74, 6) is 0.101. The van der Waals surface area contributed by atoms with E-state index in [2.05, 4.69) is 16.1 Å². The first-order valence-corrected chi connectivity index (χ1v) is 5.48. The van der Waals surface area contributed by atoms with Crippen molar-refractivity contribution in [1.29, 1.82) is 0 Å². The van der Waals surface area contributed by atoms with Gasteiger partial charge in [-0.1, -0.05) is 6.42 Å². The molecule has 2 atom stereocenters. The molecule has 1 fully saturated rings. The van der Waals surface area contributed by atoms with E-state index in [-0.39, 0.29) is 39.5 Å². The Bertz CT molecular complexity index is 132. The number of hydroxylamine groups is 1. The van der Waals surface area contributed by atoms with Crippen molar-refractivity contribution in [3.05, 3.63) is 23.5 Å². The van der Waals surface area contributed by atoms with Crippen molar-refractivity contribution in [3.63, 3.8) is 0 Å². The molecule has 0 heterocycles. The first-order chi connectivity index (χ1) is 7.67. The maximum absolute atomic E-state index is 12.8. The van der Waals surface area contributed by atoms with Gasteiger partial charge in [0.25, 0.3) is 0 Å². The van der Waals surface area contributed by atoms with Crippen LogP contribution in [0.1, 0.15) is 19.3 Å². The second kappa shape index (κ2) is 22.8. The van der Waals surface area contributed by atoms with E-state index < -0.39 is 6.17 Å². The van der Waals surface area contributed by atoms with Crippen LogP contribution in [0.5, 0.6) is 0 Å². The van der Waals surface area contributed by atoms with Gasteiger partial charge in [-0.2, -0.15) is 28.2 Å². The van der Waals surface area contributed by atoms with Crippen molar-refractivity contribution in [2.45, 2.75) is 25.4 Å². The molecular weight excluding hydrogens is 312 g/mol. The molecule has 108 valence electrons. The summed E-state index contributed by atoms with van der Waals surface area (Å²) in [5, 5.41) is 7.00. The van der Waals surface area contributed by atoms with Crippen LogP contribution in [0.3, 0.4) is 0 Å². The fraction of sp³-hybridized carbons (Fsp3) is 0.917. The Morgan fingerprint density at radius 1 is 1.06 bits per heavy atom. The molecule has 0 aromatic heterocycles. The van der Waals surface area contributed by atoms with Crippen molar-refractivity contribution in [2.75, 3.05) is 41.8 Å². The van der Waals surface area contributed by atoms with Crippen LogP contribution in [0.2, 0.25) is 0 Å². The zero-order valence-corrected chi connectivity index (χ0v) is 15.1. The van der Waals surface area contributed by atoms with Gasteiger partial charge in [-0.25, -0.2) is 4.39 Å². The van der Waals surface area contributed by atoms with Crippen LogP contribution in [0, 0.1) is 13.3 Å². The number of rotatable bonds is 3. The Balaban J connectivity index is -0.000000106. The average Bonchev–Trinajstić information content (AvgIpc) is 2.63. The van der Waals surface area contributed by atoms with Gasteiger partial charge in [0.1, 0.15) is 6.17 Å². The van der Waals surface area contributed by atoms with Gasteiger partial charge in [0.2, 0.25) is 0 Å². The molecule has 0 aromatic rings. The minimum Gasteiger partial charge on any atom is -0.668 e. The van der Waals surface area contributed by atoms with Crippen LogP contribution in [-0.2, 0) is 31.0 Å². The average molecular weight is 341 g/mol. The third kappa shape index (κ3) is 19.0. The predicted molar refractivity (Wildman–Crippen MR) is 74.3 cm³/mol. The van der Waals surface area contributed by atoms with Crippen LogP contribution in [0.25, 0.3) is 16.1 Å². The molecule has 1 saturated carbocycles. The summed E-state index contributed by atoms with van der Waals surface area (Å²) in [5.41, 5.74) is 3.47. The third-order valence-electron chi connectivity index (χ3n) is 1.98. The molecule has 1 aliphatic rings. The van der Waals surface area contributed by atoms with Crippen molar-refractivity contribution in [1.82, 2.24) is 0 Å². The van der Waals surface area contributed by atoms with Crippen LogP contribution >= 0.6 is 0 Å². The summed E-state index contributed by atoms with van der Waals surface area (Å²) < 4.78 is 12.8. The van der Waals surface area contributed by atoms with Crippen LogP contribution in [0.15, 0.2) is 0 Å². The molecule has 18 heavy (non-hydrogen) atoms. The maximum atomic E-state index is 12.8. The number of nitrogens with zero attached hydrogens (tertiary/aromatic N) is 3. The predicted octanol–water partition coefficient (Wildman–Crippen LogP) is 3.75. The molecule has 6 heteroatoms. The smallest absolute Gasteiger partial charge is 0.668 e. The Hall–Kier alpha value is 0.653. The first-order valence-electron chi connectivity index (χ1n) is 5.48. The number of alkyl halides is 1. The molecular formula is C12H28FN3OZr. The summed E-state index contributed by atoms with van der Waals surface area (Å²) in [6, 6.07) is 0. The van der Waals surface area contributed by atoms with Gasteiger partial charge in [0, 0.05) is 12.5 Å². The van der Waals surface area contributed by atoms with Crippen molar-refractivity contribution >= 4 is 0 Å². The van der Waals surface area contributed by atoms with Gasteiger partial charge in [-0.3, -0.25) is 0 Å². The van der Waals surface area contributed by atoms with Gasteiger partial charge >= 0.3 is 26.2 Å². The fourth-order valence-corrected chi connectivity index (χ4v) is 1.35. The SMILES string of the molecule is C[N-]C.C[N-]C.C[N-]OC[C@@H]1CCCC1F.[CH3-].[Zr+4]. The van der Waals surface area contributed by atoms with E-state index in [1.807, 2.05) is 0 Å². The second-order valence-electron chi connectivity index (χ2n) is 3.58. The fourth-order valence-electron chi connectivity index (χ4n) is 1.35. The molecule has 0 radical (unpaired) electrons. The largest absolute Gasteiger partial charge is 4.00 e. The summed E-state index contributed by atoms with van der Waals surface area (Å²) in [6.07, 6.45) is 2.01. The zero-order valence-electron chi connectivity index (χ0n) is 12.6. The van der Waals surface area contributed by atoms with Crippen molar-refractivity contribution < 1.29 is 35.4 Å².